The molecular weight excluding hydrogens is 331 g/mol. The normalized spacial score (nSPS) is 11.3. The number of hydrogen-bond acceptors (Lipinski definition) is 2. The first-order valence-corrected chi connectivity index (χ1v) is 6.80. The van der Waals surface area contributed by atoms with E-state index in [1.165, 1.54) is 6.07 Å². The smallest absolute Gasteiger partial charge is 0.178 e. The predicted octanol–water partition coefficient (Wildman–Crippen LogP) is 3.38. The molecule has 19 heavy (non-hydrogen) atoms. The Hall–Kier alpha value is -1.47. The standard InChI is InChI=1S/C12H10BrFN4S/c1-17-5-7(4-15-17)6-18-11-2-8(13)9(14)3-10(11)16-12(18)19/h2-5H,6H2,1H3,(H,16,19). The van der Waals surface area contributed by atoms with Gasteiger partial charge in [-0.3, -0.25) is 4.68 Å². The van der Waals surface area contributed by atoms with Crippen LogP contribution in [0.4, 0.5) is 4.39 Å². The van der Waals surface area contributed by atoms with Crippen molar-refractivity contribution in [2.75, 3.05) is 0 Å². The molecule has 0 fully saturated rings. The Bertz CT molecular complexity index is 817. The molecule has 0 aliphatic heterocycles. The number of fused-ring (bicyclic) bond motifs is 1. The van der Waals surface area contributed by atoms with E-state index in [1.54, 1.807) is 16.9 Å². The van der Waals surface area contributed by atoms with Crippen molar-refractivity contribution in [2.45, 2.75) is 6.54 Å². The van der Waals surface area contributed by atoms with Crippen molar-refractivity contribution in [3.8, 4) is 0 Å². The van der Waals surface area contributed by atoms with Crippen LogP contribution in [0.25, 0.3) is 11.0 Å². The average molecular weight is 341 g/mol. The summed E-state index contributed by atoms with van der Waals surface area (Å²) in [5, 5.41) is 4.13. The molecule has 2 heterocycles. The van der Waals surface area contributed by atoms with Gasteiger partial charge < -0.3 is 9.55 Å². The first-order valence-electron chi connectivity index (χ1n) is 5.59. The third-order valence-corrected chi connectivity index (χ3v) is 3.85. The molecule has 0 radical (unpaired) electrons. The van der Waals surface area contributed by atoms with Crippen molar-refractivity contribution in [1.29, 1.82) is 0 Å². The SMILES string of the molecule is Cn1cc(Cn2c(=S)[nH]c3cc(F)c(Br)cc32)cn1. The number of rotatable bonds is 2. The number of aromatic nitrogens is 4. The predicted molar refractivity (Wildman–Crippen MR) is 77.1 cm³/mol. The highest BCUT2D eigenvalue weighted by atomic mass is 79.9. The van der Waals surface area contributed by atoms with Gasteiger partial charge in [0, 0.05) is 24.9 Å². The zero-order valence-corrected chi connectivity index (χ0v) is 12.4. The number of halogens is 2. The van der Waals surface area contributed by atoms with Crippen LogP contribution in [-0.2, 0) is 13.6 Å². The molecule has 98 valence electrons. The van der Waals surface area contributed by atoms with E-state index in [4.69, 9.17) is 12.2 Å². The minimum absolute atomic E-state index is 0.308. The van der Waals surface area contributed by atoms with E-state index in [2.05, 4.69) is 26.0 Å². The van der Waals surface area contributed by atoms with Gasteiger partial charge in [-0.1, -0.05) is 0 Å². The molecule has 0 aliphatic rings. The molecule has 0 spiro atoms. The molecule has 3 rings (SSSR count). The van der Waals surface area contributed by atoms with Crippen molar-refractivity contribution in [1.82, 2.24) is 19.3 Å². The summed E-state index contributed by atoms with van der Waals surface area (Å²) in [6.07, 6.45) is 3.72. The summed E-state index contributed by atoms with van der Waals surface area (Å²) in [6, 6.07) is 3.17. The van der Waals surface area contributed by atoms with Crippen LogP contribution < -0.4 is 0 Å². The zero-order valence-electron chi connectivity index (χ0n) is 10.0. The van der Waals surface area contributed by atoms with Gasteiger partial charge in [-0.2, -0.15) is 5.10 Å². The summed E-state index contributed by atoms with van der Waals surface area (Å²) in [6.45, 7) is 0.602. The fraction of sp³-hybridized carbons (Fsp3) is 0.167. The number of hydrogen-bond donors (Lipinski definition) is 1. The van der Waals surface area contributed by atoms with Gasteiger partial charge in [0.15, 0.2) is 4.77 Å². The molecule has 0 saturated carbocycles. The van der Waals surface area contributed by atoms with Crippen LogP contribution in [0.15, 0.2) is 29.0 Å². The van der Waals surface area contributed by atoms with Gasteiger partial charge in [-0.15, -0.1) is 0 Å². The molecule has 0 atom stereocenters. The number of aryl methyl sites for hydroxylation is 1. The van der Waals surface area contributed by atoms with Crippen LogP contribution in [0.1, 0.15) is 5.56 Å². The number of imidazole rings is 1. The second-order valence-electron chi connectivity index (χ2n) is 4.32. The first kappa shape index (κ1) is 12.6. The highest BCUT2D eigenvalue weighted by Gasteiger charge is 2.09. The maximum atomic E-state index is 13.5. The van der Waals surface area contributed by atoms with Crippen molar-refractivity contribution < 1.29 is 4.39 Å². The van der Waals surface area contributed by atoms with Gasteiger partial charge in [0.05, 0.1) is 28.2 Å². The molecule has 0 aliphatic carbocycles. The lowest BCUT2D eigenvalue weighted by molar-refractivity contribution is 0.622. The minimum atomic E-state index is -0.308. The first-order chi connectivity index (χ1) is 9.04. The maximum Gasteiger partial charge on any atom is 0.178 e. The molecule has 0 unspecified atom stereocenters. The fourth-order valence-electron chi connectivity index (χ4n) is 2.04. The largest absolute Gasteiger partial charge is 0.330 e. The summed E-state index contributed by atoms with van der Waals surface area (Å²) in [5.74, 6) is -0.308. The Morgan fingerprint density at radius 1 is 1.47 bits per heavy atom. The minimum Gasteiger partial charge on any atom is -0.330 e. The zero-order chi connectivity index (χ0) is 13.6. The topological polar surface area (TPSA) is 38.5 Å². The number of aromatic amines is 1. The number of nitrogens with one attached hydrogen (secondary N) is 1. The highest BCUT2D eigenvalue weighted by molar-refractivity contribution is 9.10. The summed E-state index contributed by atoms with van der Waals surface area (Å²) < 4.78 is 18.1. The molecule has 1 aromatic carbocycles. The summed E-state index contributed by atoms with van der Waals surface area (Å²) >= 11 is 8.48. The van der Waals surface area contributed by atoms with Crippen LogP contribution in [0, 0.1) is 10.6 Å². The van der Waals surface area contributed by atoms with E-state index in [0.717, 1.165) is 11.1 Å². The lowest BCUT2D eigenvalue weighted by atomic mass is 10.3. The number of benzene rings is 1. The van der Waals surface area contributed by atoms with E-state index in [1.807, 2.05) is 17.8 Å². The van der Waals surface area contributed by atoms with Crippen LogP contribution in [0.2, 0.25) is 0 Å². The van der Waals surface area contributed by atoms with Crippen LogP contribution in [0.3, 0.4) is 0 Å². The molecule has 0 bridgehead atoms. The third kappa shape index (κ3) is 2.23. The molecule has 3 aromatic rings. The fourth-order valence-corrected chi connectivity index (χ4v) is 2.65. The maximum absolute atomic E-state index is 13.5. The van der Waals surface area contributed by atoms with Gasteiger partial charge >= 0.3 is 0 Å². The lowest BCUT2D eigenvalue weighted by Crippen LogP contribution is -1.98. The third-order valence-electron chi connectivity index (χ3n) is 2.92. The number of H-pyrrole nitrogens is 1. The van der Waals surface area contributed by atoms with Crippen LogP contribution in [0.5, 0.6) is 0 Å². The number of nitrogens with zero attached hydrogens (tertiary/aromatic N) is 3. The Morgan fingerprint density at radius 2 is 2.26 bits per heavy atom. The Balaban J connectivity index is 2.15. The summed E-state index contributed by atoms with van der Waals surface area (Å²) in [7, 11) is 1.87. The van der Waals surface area contributed by atoms with Gasteiger partial charge in [0.25, 0.3) is 0 Å². The molecule has 4 nitrogen and oxygen atoms in total. The summed E-state index contributed by atoms with van der Waals surface area (Å²) in [4.78, 5) is 3.01. The monoisotopic (exact) mass is 340 g/mol. The molecule has 1 N–H and O–H groups in total. The highest BCUT2D eigenvalue weighted by Crippen LogP contribution is 2.23. The van der Waals surface area contributed by atoms with Crippen molar-refractivity contribution in [2.24, 2.45) is 7.05 Å². The van der Waals surface area contributed by atoms with Gasteiger partial charge in [-0.05, 0) is 34.2 Å². The van der Waals surface area contributed by atoms with Gasteiger partial charge in [0.2, 0.25) is 0 Å². The molecule has 2 aromatic heterocycles. The molecule has 0 amide bonds. The van der Waals surface area contributed by atoms with Crippen LogP contribution >= 0.6 is 28.1 Å². The van der Waals surface area contributed by atoms with Crippen molar-refractivity contribution in [3.63, 3.8) is 0 Å². The molecule has 0 saturated heterocycles. The quantitative estimate of drug-likeness (QED) is 0.726. The molecular formula is C12H10BrFN4S. The van der Waals surface area contributed by atoms with E-state index < -0.39 is 0 Å². The summed E-state index contributed by atoms with van der Waals surface area (Å²) in [5.41, 5.74) is 2.59. The van der Waals surface area contributed by atoms with E-state index in [0.29, 0.717) is 21.3 Å². The second-order valence-corrected chi connectivity index (χ2v) is 5.56. The lowest BCUT2D eigenvalue weighted by Gasteiger charge is -2.03. The Labute approximate surface area is 122 Å². The van der Waals surface area contributed by atoms with Gasteiger partial charge in [0.1, 0.15) is 5.82 Å². The van der Waals surface area contributed by atoms with E-state index in [-0.39, 0.29) is 5.82 Å². The average Bonchev–Trinajstić information content (AvgIpc) is 2.87. The second kappa shape index (κ2) is 4.57. The Kier molecular flexibility index (Phi) is 3.02. The van der Waals surface area contributed by atoms with E-state index >= 15 is 0 Å². The van der Waals surface area contributed by atoms with Crippen LogP contribution in [-0.4, -0.2) is 19.3 Å². The van der Waals surface area contributed by atoms with E-state index in [9.17, 15) is 4.39 Å². The van der Waals surface area contributed by atoms with Crippen molar-refractivity contribution >= 4 is 39.2 Å². The Morgan fingerprint density at radius 3 is 2.95 bits per heavy atom. The van der Waals surface area contributed by atoms with Gasteiger partial charge in [-0.25, -0.2) is 4.39 Å². The molecule has 7 heteroatoms. The van der Waals surface area contributed by atoms with Crippen molar-refractivity contribution in [3.05, 3.63) is 45.2 Å².